The normalized spacial score (nSPS) is 15.5. The van der Waals surface area contributed by atoms with E-state index in [4.69, 9.17) is 19.2 Å². The monoisotopic (exact) mass is 421 g/mol. The molecule has 0 amide bonds. The van der Waals surface area contributed by atoms with Crippen molar-refractivity contribution in [3.05, 3.63) is 65.4 Å². The van der Waals surface area contributed by atoms with E-state index in [9.17, 15) is 4.79 Å². The zero-order valence-corrected chi connectivity index (χ0v) is 18.1. The SMILES string of the molecule is CCCOc1cccc([C@@H]2C(C(=O)OCCOC)=C(C)Nc3nc4ccccc4n32)c1. The van der Waals surface area contributed by atoms with E-state index in [0.717, 1.165) is 34.5 Å². The molecule has 3 aromatic rings. The molecule has 7 nitrogen and oxygen atoms in total. The van der Waals surface area contributed by atoms with Crippen LogP contribution >= 0.6 is 0 Å². The third-order valence-electron chi connectivity index (χ3n) is 5.22. The Balaban J connectivity index is 1.83. The van der Waals surface area contributed by atoms with Gasteiger partial charge in [0.1, 0.15) is 12.4 Å². The predicted molar refractivity (Wildman–Crippen MR) is 119 cm³/mol. The third-order valence-corrected chi connectivity index (χ3v) is 5.22. The minimum atomic E-state index is -0.399. The lowest BCUT2D eigenvalue weighted by molar-refractivity contribution is -0.140. The molecular weight excluding hydrogens is 394 g/mol. The summed E-state index contributed by atoms with van der Waals surface area (Å²) in [6.45, 7) is 5.11. The number of anilines is 1. The first kappa shape index (κ1) is 20.9. The van der Waals surface area contributed by atoms with Gasteiger partial charge in [-0.15, -0.1) is 0 Å². The molecule has 1 atom stereocenters. The fourth-order valence-electron chi connectivity index (χ4n) is 3.83. The molecule has 0 bridgehead atoms. The van der Waals surface area contributed by atoms with Crippen LogP contribution in [-0.2, 0) is 14.3 Å². The standard InChI is InChI=1S/C24H27N3O4/c1-4-12-30-18-9-7-8-17(15-18)22-21(23(28)31-14-13-29-3)16(2)25-24-26-19-10-5-6-11-20(19)27(22)24/h5-11,15,22H,4,12-14H2,1-3H3,(H,25,26)/t22-/m1/s1. The maximum Gasteiger partial charge on any atom is 0.338 e. The number of methoxy groups -OCH3 is 1. The Hall–Kier alpha value is -3.32. The summed E-state index contributed by atoms with van der Waals surface area (Å²) >= 11 is 0. The number of ether oxygens (including phenoxy) is 3. The smallest absolute Gasteiger partial charge is 0.338 e. The highest BCUT2D eigenvalue weighted by Gasteiger charge is 2.35. The summed E-state index contributed by atoms with van der Waals surface area (Å²) in [4.78, 5) is 17.9. The summed E-state index contributed by atoms with van der Waals surface area (Å²) in [5, 5.41) is 3.29. The van der Waals surface area contributed by atoms with Crippen LogP contribution < -0.4 is 10.1 Å². The van der Waals surface area contributed by atoms with Crippen LogP contribution in [0.4, 0.5) is 5.95 Å². The second-order valence-corrected chi connectivity index (χ2v) is 7.41. The van der Waals surface area contributed by atoms with Crippen molar-refractivity contribution >= 4 is 23.0 Å². The van der Waals surface area contributed by atoms with E-state index in [1.807, 2.05) is 60.0 Å². The predicted octanol–water partition coefficient (Wildman–Crippen LogP) is 4.30. The van der Waals surface area contributed by atoms with Gasteiger partial charge in [-0.05, 0) is 43.2 Å². The molecule has 31 heavy (non-hydrogen) atoms. The van der Waals surface area contributed by atoms with Gasteiger partial charge in [0.05, 0.1) is 35.9 Å². The number of para-hydroxylation sites is 2. The molecule has 2 heterocycles. The summed E-state index contributed by atoms with van der Waals surface area (Å²) in [6, 6.07) is 15.4. The topological polar surface area (TPSA) is 74.6 Å². The van der Waals surface area contributed by atoms with E-state index in [2.05, 4.69) is 12.2 Å². The molecule has 0 fully saturated rings. The molecular formula is C24H27N3O4. The summed E-state index contributed by atoms with van der Waals surface area (Å²) in [5.41, 5.74) is 3.98. The number of fused-ring (bicyclic) bond motifs is 3. The van der Waals surface area contributed by atoms with Crippen LogP contribution in [0.3, 0.4) is 0 Å². The molecule has 4 rings (SSSR count). The van der Waals surface area contributed by atoms with E-state index in [-0.39, 0.29) is 12.6 Å². The fraction of sp³-hybridized carbons (Fsp3) is 0.333. The van der Waals surface area contributed by atoms with Gasteiger partial charge in [0.25, 0.3) is 0 Å². The van der Waals surface area contributed by atoms with Crippen molar-refractivity contribution in [2.75, 3.05) is 32.2 Å². The third kappa shape index (κ3) is 4.14. The second kappa shape index (κ2) is 9.22. The van der Waals surface area contributed by atoms with Gasteiger partial charge in [-0.2, -0.15) is 0 Å². The summed E-state index contributed by atoms with van der Waals surface area (Å²) < 4.78 is 18.5. The quantitative estimate of drug-likeness (QED) is 0.432. The number of nitrogens with zero attached hydrogens (tertiary/aromatic N) is 2. The van der Waals surface area contributed by atoms with E-state index < -0.39 is 6.04 Å². The van der Waals surface area contributed by atoms with Gasteiger partial charge in [0, 0.05) is 12.8 Å². The van der Waals surface area contributed by atoms with E-state index in [1.54, 1.807) is 7.11 Å². The van der Waals surface area contributed by atoms with Crippen LogP contribution in [0.15, 0.2) is 59.8 Å². The van der Waals surface area contributed by atoms with Gasteiger partial charge < -0.3 is 19.5 Å². The molecule has 0 saturated heterocycles. The van der Waals surface area contributed by atoms with Crippen molar-refractivity contribution in [2.24, 2.45) is 0 Å². The molecule has 0 unspecified atom stereocenters. The first-order valence-corrected chi connectivity index (χ1v) is 10.5. The van der Waals surface area contributed by atoms with Crippen molar-refractivity contribution in [3.8, 4) is 5.75 Å². The van der Waals surface area contributed by atoms with Gasteiger partial charge in [0.2, 0.25) is 5.95 Å². The minimum Gasteiger partial charge on any atom is -0.494 e. The van der Waals surface area contributed by atoms with Gasteiger partial charge >= 0.3 is 5.97 Å². The first-order chi connectivity index (χ1) is 15.1. The number of aromatic nitrogens is 2. The van der Waals surface area contributed by atoms with Crippen LogP contribution in [-0.4, -0.2) is 42.5 Å². The lowest BCUT2D eigenvalue weighted by Gasteiger charge is -2.30. The van der Waals surface area contributed by atoms with E-state index in [1.165, 1.54) is 0 Å². The fourth-order valence-corrected chi connectivity index (χ4v) is 3.83. The number of imidazole rings is 1. The Morgan fingerprint density at radius 3 is 2.77 bits per heavy atom. The lowest BCUT2D eigenvalue weighted by atomic mass is 9.95. The van der Waals surface area contributed by atoms with E-state index >= 15 is 0 Å². The van der Waals surface area contributed by atoms with Crippen molar-refractivity contribution < 1.29 is 19.0 Å². The second-order valence-electron chi connectivity index (χ2n) is 7.41. The molecule has 162 valence electrons. The molecule has 1 aliphatic rings. The molecule has 1 N–H and O–H groups in total. The number of hydrogen-bond acceptors (Lipinski definition) is 6. The van der Waals surface area contributed by atoms with Crippen molar-refractivity contribution in [1.29, 1.82) is 0 Å². The number of nitrogens with one attached hydrogen (secondary N) is 1. The highest BCUT2D eigenvalue weighted by molar-refractivity contribution is 5.94. The number of hydrogen-bond donors (Lipinski definition) is 1. The Morgan fingerprint density at radius 2 is 1.97 bits per heavy atom. The summed E-state index contributed by atoms with van der Waals surface area (Å²) in [5.74, 6) is 1.08. The number of carbonyl (C=O) groups is 1. The molecule has 0 aliphatic carbocycles. The maximum absolute atomic E-state index is 13.2. The molecule has 2 aromatic carbocycles. The lowest BCUT2D eigenvalue weighted by Crippen LogP contribution is -2.29. The number of carbonyl (C=O) groups excluding carboxylic acids is 1. The van der Waals surface area contributed by atoms with Gasteiger partial charge in [-0.3, -0.25) is 4.57 Å². The van der Waals surface area contributed by atoms with Gasteiger partial charge in [-0.25, -0.2) is 9.78 Å². The van der Waals surface area contributed by atoms with Crippen LogP contribution in [0.25, 0.3) is 11.0 Å². The Bertz CT molecular complexity index is 1120. The Labute approximate surface area is 181 Å². The zero-order chi connectivity index (χ0) is 21.8. The molecule has 0 spiro atoms. The summed E-state index contributed by atoms with van der Waals surface area (Å²) in [7, 11) is 1.58. The molecule has 1 aromatic heterocycles. The number of rotatable bonds is 8. The van der Waals surface area contributed by atoms with Crippen LogP contribution in [0.1, 0.15) is 31.9 Å². The van der Waals surface area contributed by atoms with Crippen molar-refractivity contribution in [1.82, 2.24) is 9.55 Å². The van der Waals surface area contributed by atoms with E-state index in [0.29, 0.717) is 24.7 Å². The maximum atomic E-state index is 13.2. The molecule has 7 heteroatoms. The summed E-state index contributed by atoms with van der Waals surface area (Å²) in [6.07, 6.45) is 0.921. The van der Waals surface area contributed by atoms with Crippen LogP contribution in [0.2, 0.25) is 0 Å². The van der Waals surface area contributed by atoms with Gasteiger partial charge in [-0.1, -0.05) is 31.2 Å². The highest BCUT2D eigenvalue weighted by atomic mass is 16.6. The van der Waals surface area contributed by atoms with Crippen LogP contribution in [0.5, 0.6) is 5.75 Å². The van der Waals surface area contributed by atoms with Crippen molar-refractivity contribution in [3.63, 3.8) is 0 Å². The molecule has 0 saturated carbocycles. The average Bonchev–Trinajstić information content (AvgIpc) is 3.14. The number of allylic oxidation sites excluding steroid dienone is 1. The first-order valence-electron chi connectivity index (χ1n) is 10.5. The largest absolute Gasteiger partial charge is 0.494 e. The Morgan fingerprint density at radius 1 is 1.13 bits per heavy atom. The number of esters is 1. The van der Waals surface area contributed by atoms with Crippen LogP contribution in [0, 0.1) is 0 Å². The number of benzene rings is 2. The highest BCUT2D eigenvalue weighted by Crippen LogP contribution is 2.40. The van der Waals surface area contributed by atoms with Crippen molar-refractivity contribution in [2.45, 2.75) is 26.3 Å². The molecule has 0 radical (unpaired) electrons. The molecule has 1 aliphatic heterocycles. The van der Waals surface area contributed by atoms with Gasteiger partial charge in [0.15, 0.2) is 0 Å². The minimum absolute atomic E-state index is 0.190. The average molecular weight is 421 g/mol. The zero-order valence-electron chi connectivity index (χ0n) is 18.1. The Kier molecular flexibility index (Phi) is 6.23.